The lowest BCUT2D eigenvalue weighted by Crippen LogP contribution is -2.05. The Morgan fingerprint density at radius 3 is 2.79 bits per heavy atom. The van der Waals surface area contributed by atoms with Crippen LogP contribution in [0.25, 0.3) is 11.4 Å². The van der Waals surface area contributed by atoms with Gasteiger partial charge in [0, 0.05) is 18.5 Å². The fraction of sp³-hybridized carbons (Fsp3) is 0.385. The van der Waals surface area contributed by atoms with Crippen molar-refractivity contribution >= 4 is 5.97 Å². The number of benzene rings is 1. The van der Waals surface area contributed by atoms with Crippen molar-refractivity contribution in [2.24, 2.45) is 0 Å². The highest BCUT2D eigenvalue weighted by Gasteiger charge is 2.10. The van der Waals surface area contributed by atoms with Crippen LogP contribution in [-0.4, -0.2) is 31.3 Å². The highest BCUT2D eigenvalue weighted by Crippen LogP contribution is 2.19. The van der Waals surface area contributed by atoms with Gasteiger partial charge in [0.1, 0.15) is 0 Å². The van der Waals surface area contributed by atoms with Crippen LogP contribution in [0, 0.1) is 13.8 Å². The van der Waals surface area contributed by atoms with Crippen molar-refractivity contribution in [3.05, 3.63) is 29.3 Å². The van der Waals surface area contributed by atoms with Crippen molar-refractivity contribution in [1.82, 2.24) is 20.2 Å². The number of hydrogen-bond donors (Lipinski definition) is 1. The molecule has 1 aromatic heterocycles. The number of carboxylic acid groups (broad SMARTS) is 1. The van der Waals surface area contributed by atoms with Gasteiger partial charge in [-0.15, -0.1) is 5.10 Å². The van der Waals surface area contributed by atoms with E-state index in [1.54, 1.807) is 4.68 Å². The summed E-state index contributed by atoms with van der Waals surface area (Å²) >= 11 is 0. The van der Waals surface area contributed by atoms with Crippen LogP contribution >= 0.6 is 0 Å². The molecule has 0 bridgehead atoms. The topological polar surface area (TPSA) is 80.9 Å². The predicted octanol–water partition coefficient (Wildman–Crippen LogP) is 1.82. The monoisotopic (exact) mass is 260 g/mol. The summed E-state index contributed by atoms with van der Waals surface area (Å²) in [5.41, 5.74) is 3.34. The van der Waals surface area contributed by atoms with E-state index in [0.29, 0.717) is 18.8 Å². The fourth-order valence-corrected chi connectivity index (χ4v) is 1.82. The summed E-state index contributed by atoms with van der Waals surface area (Å²) in [5, 5.41) is 20.2. The minimum atomic E-state index is -0.805. The van der Waals surface area contributed by atoms with Crippen LogP contribution < -0.4 is 0 Å². The molecule has 1 N–H and O–H groups in total. The summed E-state index contributed by atoms with van der Waals surface area (Å²) in [5.74, 6) is -0.130. The molecule has 1 heterocycles. The molecule has 0 amide bonds. The second-order valence-electron chi connectivity index (χ2n) is 4.52. The van der Waals surface area contributed by atoms with E-state index in [1.165, 1.54) is 11.1 Å². The SMILES string of the molecule is Cc1ccc(-c2nnnn2CCCC(=O)O)cc1C. The molecule has 0 unspecified atom stereocenters. The van der Waals surface area contributed by atoms with E-state index in [1.807, 2.05) is 25.1 Å². The number of rotatable bonds is 5. The molecule has 0 fully saturated rings. The zero-order valence-corrected chi connectivity index (χ0v) is 11.0. The third kappa shape index (κ3) is 3.15. The van der Waals surface area contributed by atoms with E-state index in [9.17, 15) is 4.79 Å². The van der Waals surface area contributed by atoms with Gasteiger partial charge in [0.15, 0.2) is 5.82 Å². The summed E-state index contributed by atoms with van der Waals surface area (Å²) in [7, 11) is 0. The van der Waals surface area contributed by atoms with Gasteiger partial charge in [-0.3, -0.25) is 4.79 Å². The third-order valence-corrected chi connectivity index (χ3v) is 3.06. The minimum absolute atomic E-state index is 0.117. The second kappa shape index (κ2) is 5.60. The fourth-order valence-electron chi connectivity index (χ4n) is 1.82. The Kier molecular flexibility index (Phi) is 3.89. The van der Waals surface area contributed by atoms with E-state index in [4.69, 9.17) is 5.11 Å². The van der Waals surface area contributed by atoms with Crippen molar-refractivity contribution in [1.29, 1.82) is 0 Å². The van der Waals surface area contributed by atoms with Crippen LogP contribution in [-0.2, 0) is 11.3 Å². The lowest BCUT2D eigenvalue weighted by Gasteiger charge is -2.06. The molecule has 0 radical (unpaired) electrons. The maximum absolute atomic E-state index is 10.5. The Balaban J connectivity index is 2.18. The van der Waals surface area contributed by atoms with Gasteiger partial charge < -0.3 is 5.11 Å². The van der Waals surface area contributed by atoms with Crippen LogP contribution in [0.2, 0.25) is 0 Å². The Morgan fingerprint density at radius 1 is 1.32 bits per heavy atom. The number of carbonyl (C=O) groups is 1. The van der Waals surface area contributed by atoms with Gasteiger partial charge in [-0.1, -0.05) is 12.1 Å². The van der Waals surface area contributed by atoms with Gasteiger partial charge in [-0.25, -0.2) is 4.68 Å². The highest BCUT2D eigenvalue weighted by molar-refractivity contribution is 5.66. The number of aryl methyl sites for hydroxylation is 3. The Hall–Kier alpha value is -2.24. The Bertz CT molecular complexity index is 592. The zero-order chi connectivity index (χ0) is 13.8. The first-order valence-corrected chi connectivity index (χ1v) is 6.13. The molecule has 0 aliphatic rings. The number of aliphatic carboxylic acids is 1. The van der Waals surface area contributed by atoms with Crippen molar-refractivity contribution in [2.75, 3.05) is 0 Å². The maximum Gasteiger partial charge on any atom is 0.303 e. The number of hydrogen-bond acceptors (Lipinski definition) is 4. The average Bonchev–Trinajstić information content (AvgIpc) is 2.80. The number of nitrogens with zero attached hydrogens (tertiary/aromatic N) is 4. The minimum Gasteiger partial charge on any atom is -0.481 e. The first-order chi connectivity index (χ1) is 9.08. The van der Waals surface area contributed by atoms with Gasteiger partial charge in [0.05, 0.1) is 0 Å². The van der Waals surface area contributed by atoms with Gasteiger partial charge in [-0.2, -0.15) is 0 Å². The average molecular weight is 260 g/mol. The molecule has 6 heteroatoms. The summed E-state index contributed by atoms with van der Waals surface area (Å²) in [6, 6.07) is 6.04. The first-order valence-electron chi connectivity index (χ1n) is 6.13. The van der Waals surface area contributed by atoms with Crippen molar-refractivity contribution in [2.45, 2.75) is 33.2 Å². The van der Waals surface area contributed by atoms with E-state index in [2.05, 4.69) is 22.4 Å². The molecule has 19 heavy (non-hydrogen) atoms. The molecule has 0 saturated carbocycles. The summed E-state index contributed by atoms with van der Waals surface area (Å²) in [4.78, 5) is 10.5. The quantitative estimate of drug-likeness (QED) is 0.886. The van der Waals surface area contributed by atoms with Crippen molar-refractivity contribution in [3.8, 4) is 11.4 Å². The zero-order valence-electron chi connectivity index (χ0n) is 11.0. The smallest absolute Gasteiger partial charge is 0.303 e. The number of aromatic nitrogens is 4. The summed E-state index contributed by atoms with van der Waals surface area (Å²) in [6.45, 7) is 4.59. The normalized spacial score (nSPS) is 10.6. The molecule has 2 rings (SSSR count). The van der Waals surface area contributed by atoms with E-state index < -0.39 is 5.97 Å². The second-order valence-corrected chi connectivity index (χ2v) is 4.52. The Labute approximate surface area is 111 Å². The number of carboxylic acids is 1. The largest absolute Gasteiger partial charge is 0.481 e. The van der Waals surface area contributed by atoms with E-state index in [-0.39, 0.29) is 6.42 Å². The van der Waals surface area contributed by atoms with E-state index in [0.717, 1.165) is 5.56 Å². The van der Waals surface area contributed by atoms with Crippen LogP contribution in [0.5, 0.6) is 0 Å². The van der Waals surface area contributed by atoms with Crippen LogP contribution in [0.3, 0.4) is 0 Å². The molecule has 0 aliphatic heterocycles. The molecular formula is C13H16N4O2. The van der Waals surface area contributed by atoms with Crippen LogP contribution in [0.4, 0.5) is 0 Å². The first kappa shape index (κ1) is 13.2. The molecule has 1 aromatic carbocycles. The van der Waals surface area contributed by atoms with Gasteiger partial charge in [0.2, 0.25) is 0 Å². The van der Waals surface area contributed by atoms with Gasteiger partial charge in [-0.05, 0) is 47.9 Å². The summed E-state index contributed by atoms with van der Waals surface area (Å²) < 4.78 is 1.65. The molecular weight excluding hydrogens is 244 g/mol. The molecule has 0 aliphatic carbocycles. The Morgan fingerprint density at radius 2 is 2.11 bits per heavy atom. The molecule has 2 aromatic rings. The lowest BCUT2D eigenvalue weighted by molar-refractivity contribution is -0.137. The molecule has 0 spiro atoms. The van der Waals surface area contributed by atoms with Crippen molar-refractivity contribution < 1.29 is 9.90 Å². The molecule has 0 atom stereocenters. The lowest BCUT2D eigenvalue weighted by atomic mass is 10.1. The maximum atomic E-state index is 10.5. The third-order valence-electron chi connectivity index (χ3n) is 3.06. The number of tetrazole rings is 1. The van der Waals surface area contributed by atoms with Gasteiger partial charge >= 0.3 is 5.97 Å². The molecule has 0 saturated heterocycles. The predicted molar refractivity (Wildman–Crippen MR) is 69.6 cm³/mol. The molecule has 6 nitrogen and oxygen atoms in total. The van der Waals surface area contributed by atoms with Crippen molar-refractivity contribution in [3.63, 3.8) is 0 Å². The van der Waals surface area contributed by atoms with Crippen LogP contribution in [0.15, 0.2) is 18.2 Å². The van der Waals surface area contributed by atoms with Crippen LogP contribution in [0.1, 0.15) is 24.0 Å². The van der Waals surface area contributed by atoms with Gasteiger partial charge in [0.25, 0.3) is 0 Å². The van der Waals surface area contributed by atoms with E-state index >= 15 is 0 Å². The highest BCUT2D eigenvalue weighted by atomic mass is 16.4. The summed E-state index contributed by atoms with van der Waals surface area (Å²) in [6.07, 6.45) is 0.629. The molecule has 100 valence electrons. The standard InChI is InChI=1S/C13H16N4O2/c1-9-5-6-11(8-10(9)2)13-14-15-16-17(13)7-3-4-12(18)19/h5-6,8H,3-4,7H2,1-2H3,(H,18,19).